The van der Waals surface area contributed by atoms with E-state index in [1.807, 2.05) is 35.8 Å². The van der Waals surface area contributed by atoms with Gasteiger partial charge in [-0.2, -0.15) is 0 Å². The number of nitrogens with one attached hydrogen (secondary N) is 1. The molecule has 2 aromatic carbocycles. The van der Waals surface area contributed by atoms with Gasteiger partial charge in [-0.15, -0.1) is 10.2 Å². The fourth-order valence-electron chi connectivity index (χ4n) is 2.56. The molecule has 0 fully saturated rings. The number of methoxy groups -OCH3 is 1. The summed E-state index contributed by atoms with van der Waals surface area (Å²) in [6, 6.07) is 12.6. The number of hydrogen-bond acceptors (Lipinski definition) is 5. The molecule has 1 N–H and O–H groups in total. The minimum Gasteiger partial charge on any atom is -0.497 e. The summed E-state index contributed by atoms with van der Waals surface area (Å²) in [7, 11) is 1.62. The van der Waals surface area contributed by atoms with Gasteiger partial charge in [-0.1, -0.05) is 47.1 Å². The number of carbonyl (C=O) groups is 1. The van der Waals surface area contributed by atoms with E-state index in [9.17, 15) is 4.79 Å². The Kier molecular flexibility index (Phi) is 6.83. The van der Waals surface area contributed by atoms with E-state index < -0.39 is 0 Å². The van der Waals surface area contributed by atoms with Crippen molar-refractivity contribution in [3.63, 3.8) is 0 Å². The quantitative estimate of drug-likeness (QED) is 0.527. The van der Waals surface area contributed by atoms with Crippen molar-refractivity contribution in [2.24, 2.45) is 0 Å². The van der Waals surface area contributed by atoms with E-state index >= 15 is 0 Å². The zero-order valence-electron chi connectivity index (χ0n) is 15.3. The van der Waals surface area contributed by atoms with E-state index in [-0.39, 0.29) is 11.7 Å². The van der Waals surface area contributed by atoms with E-state index in [1.54, 1.807) is 25.3 Å². The number of thioether (sulfide) groups is 1. The average molecular weight is 437 g/mol. The number of carbonyl (C=O) groups excluding carboxylic acids is 1. The van der Waals surface area contributed by atoms with Gasteiger partial charge in [0, 0.05) is 17.8 Å². The van der Waals surface area contributed by atoms with E-state index in [4.69, 9.17) is 27.9 Å². The van der Waals surface area contributed by atoms with Crippen molar-refractivity contribution in [3.05, 3.63) is 52.5 Å². The third kappa shape index (κ3) is 4.79. The molecule has 9 heteroatoms. The first-order chi connectivity index (χ1) is 13.5. The predicted octanol–water partition coefficient (Wildman–Crippen LogP) is 5.01. The molecule has 0 radical (unpaired) electrons. The highest BCUT2D eigenvalue weighted by molar-refractivity contribution is 7.99. The Morgan fingerprint density at radius 1 is 1.18 bits per heavy atom. The Morgan fingerprint density at radius 3 is 2.71 bits per heavy atom. The van der Waals surface area contributed by atoms with Gasteiger partial charge in [-0.25, -0.2) is 0 Å². The minimum atomic E-state index is -0.169. The largest absolute Gasteiger partial charge is 0.497 e. The van der Waals surface area contributed by atoms with Gasteiger partial charge in [0.25, 0.3) is 0 Å². The van der Waals surface area contributed by atoms with Crippen LogP contribution in [0.4, 0.5) is 5.69 Å². The summed E-state index contributed by atoms with van der Waals surface area (Å²) in [6.07, 6.45) is 0. The molecule has 1 amide bonds. The van der Waals surface area contributed by atoms with E-state index in [0.717, 1.165) is 17.1 Å². The lowest BCUT2D eigenvalue weighted by Gasteiger charge is -2.09. The second-order valence-electron chi connectivity index (χ2n) is 5.75. The van der Waals surface area contributed by atoms with Crippen LogP contribution in [0.15, 0.2) is 47.6 Å². The maximum atomic E-state index is 12.3. The van der Waals surface area contributed by atoms with Gasteiger partial charge in [0.15, 0.2) is 11.0 Å². The zero-order chi connectivity index (χ0) is 20.1. The highest BCUT2D eigenvalue weighted by Crippen LogP contribution is 2.27. The van der Waals surface area contributed by atoms with E-state index in [2.05, 4.69) is 15.5 Å². The molecule has 146 valence electrons. The van der Waals surface area contributed by atoms with Gasteiger partial charge < -0.3 is 14.6 Å². The first-order valence-electron chi connectivity index (χ1n) is 8.47. The molecule has 1 heterocycles. The lowest BCUT2D eigenvalue weighted by atomic mass is 10.2. The molecule has 0 aliphatic heterocycles. The number of anilines is 1. The zero-order valence-corrected chi connectivity index (χ0v) is 17.6. The number of benzene rings is 2. The summed E-state index contributed by atoms with van der Waals surface area (Å²) >= 11 is 13.2. The van der Waals surface area contributed by atoms with Crippen molar-refractivity contribution in [3.8, 4) is 17.1 Å². The molecule has 3 aromatic rings. The van der Waals surface area contributed by atoms with Crippen molar-refractivity contribution in [1.82, 2.24) is 14.8 Å². The molecule has 28 heavy (non-hydrogen) atoms. The lowest BCUT2D eigenvalue weighted by Crippen LogP contribution is -2.14. The van der Waals surface area contributed by atoms with E-state index in [0.29, 0.717) is 27.4 Å². The van der Waals surface area contributed by atoms with Crippen molar-refractivity contribution < 1.29 is 9.53 Å². The minimum absolute atomic E-state index is 0.169. The van der Waals surface area contributed by atoms with Crippen LogP contribution in [0.1, 0.15) is 6.92 Å². The Balaban J connectivity index is 1.69. The van der Waals surface area contributed by atoms with Crippen LogP contribution in [0.5, 0.6) is 5.75 Å². The van der Waals surface area contributed by atoms with Crippen molar-refractivity contribution in [1.29, 1.82) is 0 Å². The number of hydrogen-bond donors (Lipinski definition) is 1. The fraction of sp³-hybridized carbons (Fsp3) is 0.211. The number of halogens is 2. The Hall–Kier alpha value is -2.22. The monoisotopic (exact) mass is 436 g/mol. The second-order valence-corrected chi connectivity index (χ2v) is 7.51. The summed E-state index contributed by atoms with van der Waals surface area (Å²) in [5.74, 6) is 1.50. The average Bonchev–Trinajstić information content (AvgIpc) is 3.12. The number of nitrogens with zero attached hydrogens (tertiary/aromatic N) is 3. The molecule has 1 aromatic heterocycles. The van der Waals surface area contributed by atoms with Crippen molar-refractivity contribution >= 4 is 46.6 Å². The van der Waals surface area contributed by atoms with Crippen molar-refractivity contribution in [2.75, 3.05) is 18.2 Å². The summed E-state index contributed by atoms with van der Waals surface area (Å²) < 4.78 is 7.24. The van der Waals surface area contributed by atoms with Gasteiger partial charge in [-0.05, 0) is 37.3 Å². The topological polar surface area (TPSA) is 69.0 Å². The van der Waals surface area contributed by atoms with Crippen molar-refractivity contribution in [2.45, 2.75) is 18.6 Å². The predicted molar refractivity (Wildman–Crippen MR) is 113 cm³/mol. The smallest absolute Gasteiger partial charge is 0.234 e. The first-order valence-corrected chi connectivity index (χ1v) is 10.2. The third-order valence-corrected chi connectivity index (χ3v) is 5.60. The molecule has 6 nitrogen and oxygen atoms in total. The third-order valence-electron chi connectivity index (χ3n) is 3.90. The molecular formula is C19H18Cl2N4O2S. The Bertz CT molecular complexity index is 994. The molecule has 0 aliphatic carbocycles. The molecule has 0 bridgehead atoms. The Morgan fingerprint density at radius 2 is 2.00 bits per heavy atom. The fourth-order valence-corrected chi connectivity index (χ4v) is 3.66. The summed E-state index contributed by atoms with van der Waals surface area (Å²) in [4.78, 5) is 12.3. The van der Waals surface area contributed by atoms with E-state index in [1.165, 1.54) is 11.8 Å². The van der Waals surface area contributed by atoms with Crippen LogP contribution in [-0.4, -0.2) is 33.5 Å². The SMILES string of the molecule is CCn1c(SCC(=O)Nc2ccc(Cl)c(Cl)c2)nnc1-c1cccc(OC)c1. The van der Waals surface area contributed by atoms with Gasteiger partial charge >= 0.3 is 0 Å². The number of rotatable bonds is 7. The van der Waals surface area contributed by atoms with Gasteiger partial charge in [0.1, 0.15) is 5.75 Å². The molecule has 0 saturated carbocycles. The van der Waals surface area contributed by atoms with Gasteiger partial charge in [-0.3, -0.25) is 4.79 Å². The van der Waals surface area contributed by atoms with Crippen LogP contribution in [0.25, 0.3) is 11.4 Å². The van der Waals surface area contributed by atoms with Gasteiger partial charge in [0.2, 0.25) is 5.91 Å². The van der Waals surface area contributed by atoms with Crippen LogP contribution >= 0.6 is 35.0 Å². The van der Waals surface area contributed by atoms with Crippen LogP contribution in [-0.2, 0) is 11.3 Å². The van der Waals surface area contributed by atoms with Crippen LogP contribution in [0.3, 0.4) is 0 Å². The number of amides is 1. The maximum Gasteiger partial charge on any atom is 0.234 e. The summed E-state index contributed by atoms with van der Waals surface area (Å²) in [5.41, 5.74) is 1.50. The maximum absolute atomic E-state index is 12.3. The molecule has 0 saturated heterocycles. The highest BCUT2D eigenvalue weighted by atomic mass is 35.5. The van der Waals surface area contributed by atoms with Gasteiger partial charge in [0.05, 0.1) is 22.9 Å². The van der Waals surface area contributed by atoms with Crippen LogP contribution in [0, 0.1) is 0 Å². The highest BCUT2D eigenvalue weighted by Gasteiger charge is 2.15. The van der Waals surface area contributed by atoms with Crippen LogP contribution in [0.2, 0.25) is 10.0 Å². The summed E-state index contributed by atoms with van der Waals surface area (Å²) in [6.45, 7) is 2.68. The lowest BCUT2D eigenvalue weighted by molar-refractivity contribution is -0.113. The summed E-state index contributed by atoms with van der Waals surface area (Å²) in [5, 5.41) is 12.8. The second kappa shape index (κ2) is 9.32. The molecule has 3 rings (SSSR count). The number of ether oxygens (including phenoxy) is 1. The number of aromatic nitrogens is 3. The molecule has 0 atom stereocenters. The standard InChI is InChI=1S/C19H18Cl2N4O2S/c1-3-25-18(12-5-4-6-14(9-12)27-2)23-24-19(25)28-11-17(26)22-13-7-8-15(20)16(21)10-13/h4-10H,3,11H2,1-2H3,(H,22,26). The molecule has 0 unspecified atom stereocenters. The molecule has 0 spiro atoms. The molecule has 0 aliphatic rings. The first kappa shape index (κ1) is 20.5. The molecular weight excluding hydrogens is 419 g/mol. The Labute approximate surface area is 177 Å². The van der Waals surface area contributed by atoms with Crippen LogP contribution < -0.4 is 10.1 Å². The normalized spacial score (nSPS) is 10.7.